The fourth-order valence-electron chi connectivity index (χ4n) is 4.57. The third-order valence-electron chi connectivity index (χ3n) is 6.46. The van der Waals surface area contributed by atoms with Crippen LogP contribution in [0, 0.1) is 0 Å². The third kappa shape index (κ3) is 5.45. The second kappa shape index (κ2) is 9.88. The second-order valence-corrected chi connectivity index (χ2v) is 9.17. The number of hydrogen-bond acceptors (Lipinski definition) is 7. The highest BCUT2D eigenvalue weighted by molar-refractivity contribution is 6.23. The molecule has 1 aromatic carbocycles. The van der Waals surface area contributed by atoms with Crippen molar-refractivity contribution in [2.24, 2.45) is 0 Å². The van der Waals surface area contributed by atoms with Crippen LogP contribution in [0.3, 0.4) is 0 Å². The predicted molar refractivity (Wildman–Crippen MR) is 128 cm³/mol. The largest absolute Gasteiger partial charge is 0.573 e. The molecular formula is C24H27F3N6O4. The molecule has 37 heavy (non-hydrogen) atoms. The highest BCUT2D eigenvalue weighted by Crippen LogP contribution is 2.38. The molecule has 2 atom stereocenters. The number of amides is 4. The van der Waals surface area contributed by atoms with Crippen LogP contribution in [0.15, 0.2) is 42.7 Å². The van der Waals surface area contributed by atoms with Gasteiger partial charge >= 0.3 is 12.4 Å². The number of pyridine rings is 1. The number of ether oxygens (including phenoxy) is 1. The van der Waals surface area contributed by atoms with E-state index >= 15 is 0 Å². The van der Waals surface area contributed by atoms with Gasteiger partial charge in [0.05, 0.1) is 23.6 Å². The Kier molecular flexibility index (Phi) is 7.00. The van der Waals surface area contributed by atoms with Crippen LogP contribution in [0.4, 0.5) is 29.3 Å². The average molecular weight is 521 g/mol. The van der Waals surface area contributed by atoms with Crippen molar-refractivity contribution in [2.45, 2.75) is 31.8 Å². The smallest absolute Gasteiger partial charge is 0.406 e. The number of halogens is 3. The maximum atomic E-state index is 13.7. The number of carbonyl (C=O) groups excluding carboxylic acids is 3. The number of hydrogen-bond donors (Lipinski definition) is 2. The summed E-state index contributed by atoms with van der Waals surface area (Å²) >= 11 is 0. The summed E-state index contributed by atoms with van der Waals surface area (Å²) in [5, 5.41) is 5.50. The van der Waals surface area contributed by atoms with Crippen LogP contribution < -0.4 is 25.2 Å². The van der Waals surface area contributed by atoms with Gasteiger partial charge in [0.15, 0.2) is 0 Å². The molecule has 2 saturated heterocycles. The number of nitrogens with one attached hydrogen (secondary N) is 2. The van der Waals surface area contributed by atoms with Gasteiger partial charge in [0.25, 0.3) is 5.91 Å². The summed E-state index contributed by atoms with van der Waals surface area (Å²) in [7, 11) is 2.02. The minimum Gasteiger partial charge on any atom is -0.406 e. The van der Waals surface area contributed by atoms with Gasteiger partial charge < -0.3 is 25.2 Å². The van der Waals surface area contributed by atoms with Crippen molar-refractivity contribution in [1.82, 2.24) is 20.5 Å². The summed E-state index contributed by atoms with van der Waals surface area (Å²) in [6.45, 7) is 5.85. The lowest BCUT2D eigenvalue weighted by Crippen LogP contribution is -2.55. The van der Waals surface area contributed by atoms with E-state index in [1.807, 2.05) is 7.05 Å². The van der Waals surface area contributed by atoms with Gasteiger partial charge in [0, 0.05) is 44.9 Å². The van der Waals surface area contributed by atoms with Gasteiger partial charge in [-0.1, -0.05) is 0 Å². The lowest BCUT2D eigenvalue weighted by Gasteiger charge is -2.38. The first-order valence-corrected chi connectivity index (χ1v) is 11.6. The van der Waals surface area contributed by atoms with Crippen LogP contribution in [-0.4, -0.2) is 72.9 Å². The van der Waals surface area contributed by atoms with Crippen LogP contribution >= 0.6 is 0 Å². The Bertz CT molecular complexity index is 1180. The quantitative estimate of drug-likeness (QED) is 0.564. The molecule has 2 fully saturated rings. The maximum Gasteiger partial charge on any atom is 0.573 e. The maximum absolute atomic E-state index is 13.7. The molecule has 0 aliphatic carbocycles. The summed E-state index contributed by atoms with van der Waals surface area (Å²) in [6.07, 6.45) is -1.67. The summed E-state index contributed by atoms with van der Waals surface area (Å²) in [4.78, 5) is 48.3. The average Bonchev–Trinajstić information content (AvgIpc) is 3.06. The van der Waals surface area contributed by atoms with Crippen molar-refractivity contribution in [3.8, 4) is 5.75 Å². The van der Waals surface area contributed by atoms with Gasteiger partial charge in [-0.25, -0.2) is 9.69 Å². The molecular weight excluding hydrogens is 493 g/mol. The van der Waals surface area contributed by atoms with E-state index < -0.39 is 41.5 Å². The van der Waals surface area contributed by atoms with Crippen molar-refractivity contribution in [3.05, 3.63) is 48.3 Å². The minimum atomic E-state index is -4.88. The molecule has 13 heteroatoms. The Morgan fingerprint density at radius 1 is 1.14 bits per heavy atom. The number of rotatable bonds is 6. The van der Waals surface area contributed by atoms with Gasteiger partial charge in [-0.3, -0.25) is 14.6 Å². The number of carbonyl (C=O) groups is 3. The molecule has 3 heterocycles. The van der Waals surface area contributed by atoms with Crippen LogP contribution in [0.5, 0.6) is 5.75 Å². The zero-order chi connectivity index (χ0) is 27.0. The van der Waals surface area contributed by atoms with Gasteiger partial charge in [-0.05, 0) is 44.3 Å². The van der Waals surface area contributed by atoms with Crippen LogP contribution in [0.1, 0.15) is 25.5 Å². The molecule has 0 spiro atoms. The number of aromatic nitrogens is 1. The number of anilines is 2. The van der Waals surface area contributed by atoms with Gasteiger partial charge in [0.1, 0.15) is 11.3 Å². The van der Waals surface area contributed by atoms with E-state index in [0.29, 0.717) is 18.7 Å². The van der Waals surface area contributed by atoms with Gasteiger partial charge in [-0.15, -0.1) is 13.2 Å². The Morgan fingerprint density at radius 2 is 1.78 bits per heavy atom. The summed E-state index contributed by atoms with van der Waals surface area (Å²) in [5.41, 5.74) is -0.227. The molecule has 2 aromatic rings. The van der Waals surface area contributed by atoms with Crippen molar-refractivity contribution in [3.63, 3.8) is 0 Å². The Labute approximate surface area is 211 Å². The van der Waals surface area contributed by atoms with Crippen molar-refractivity contribution in [1.29, 1.82) is 0 Å². The highest BCUT2D eigenvalue weighted by Gasteiger charge is 2.54. The number of nitrogens with zero attached hydrogens (tertiary/aromatic N) is 4. The van der Waals surface area contributed by atoms with Gasteiger partial charge in [0.2, 0.25) is 5.91 Å². The molecule has 2 N–H and O–H groups in total. The van der Waals surface area contributed by atoms with E-state index in [9.17, 15) is 27.6 Å². The van der Waals surface area contributed by atoms with Crippen molar-refractivity contribution in [2.75, 3.05) is 43.0 Å². The Balaban J connectivity index is 1.68. The molecule has 0 radical (unpaired) electrons. The van der Waals surface area contributed by atoms with E-state index in [1.165, 1.54) is 26.0 Å². The standard InChI is InChI=1S/C24H27F3N6O4/c1-15(34)29-20(18-8-9-28-14-19(18)32-12-10-31(3)11-13-32)23(2)21(35)33(22(36)30-23)16-4-6-17(7-5-16)37-24(25,26)27/h4-9,14,20H,10-13H2,1-3H3,(H,29,34)(H,30,36). The molecule has 2 unspecified atom stereocenters. The van der Waals surface area contributed by atoms with E-state index in [2.05, 4.69) is 30.2 Å². The molecule has 2 aliphatic rings. The molecule has 0 saturated carbocycles. The number of likely N-dealkylation sites (N-methyl/N-ethyl adjacent to an activating group) is 1. The first-order chi connectivity index (χ1) is 17.4. The predicted octanol–water partition coefficient (Wildman–Crippen LogP) is 2.42. The third-order valence-corrected chi connectivity index (χ3v) is 6.46. The molecule has 198 valence electrons. The monoisotopic (exact) mass is 520 g/mol. The van der Waals surface area contributed by atoms with E-state index in [-0.39, 0.29) is 5.69 Å². The lowest BCUT2D eigenvalue weighted by atomic mass is 9.85. The first kappa shape index (κ1) is 26.2. The number of urea groups is 1. The highest BCUT2D eigenvalue weighted by atomic mass is 19.4. The number of imide groups is 1. The van der Waals surface area contributed by atoms with Gasteiger partial charge in [-0.2, -0.15) is 0 Å². The lowest BCUT2D eigenvalue weighted by molar-refractivity contribution is -0.274. The minimum absolute atomic E-state index is 0.0522. The summed E-state index contributed by atoms with van der Waals surface area (Å²) in [5.74, 6) is -1.58. The zero-order valence-corrected chi connectivity index (χ0v) is 20.5. The summed E-state index contributed by atoms with van der Waals surface area (Å²) < 4.78 is 41.4. The molecule has 2 aliphatic heterocycles. The Hall–Kier alpha value is -3.87. The van der Waals surface area contributed by atoms with Crippen molar-refractivity contribution < 1.29 is 32.3 Å². The van der Waals surface area contributed by atoms with E-state index in [0.717, 1.165) is 35.8 Å². The van der Waals surface area contributed by atoms with E-state index in [4.69, 9.17) is 0 Å². The topological polar surface area (TPSA) is 107 Å². The van der Waals surface area contributed by atoms with E-state index in [1.54, 1.807) is 18.5 Å². The molecule has 4 rings (SSSR count). The fraction of sp³-hybridized carbons (Fsp3) is 0.417. The number of alkyl halides is 3. The summed E-state index contributed by atoms with van der Waals surface area (Å²) in [6, 6.07) is 4.35. The molecule has 0 bridgehead atoms. The fourth-order valence-corrected chi connectivity index (χ4v) is 4.57. The van der Waals surface area contributed by atoms with Crippen LogP contribution in [-0.2, 0) is 9.59 Å². The molecule has 10 nitrogen and oxygen atoms in total. The second-order valence-electron chi connectivity index (χ2n) is 9.17. The molecule has 1 aromatic heterocycles. The first-order valence-electron chi connectivity index (χ1n) is 11.6. The van der Waals surface area contributed by atoms with Crippen LogP contribution in [0.25, 0.3) is 0 Å². The SMILES string of the molecule is CC(=O)NC(c1ccncc1N1CCN(C)CC1)C1(C)NC(=O)N(c2ccc(OC(F)(F)F)cc2)C1=O. The Morgan fingerprint density at radius 3 is 2.38 bits per heavy atom. The van der Waals surface area contributed by atoms with Crippen LogP contribution in [0.2, 0.25) is 0 Å². The molecule has 4 amide bonds. The zero-order valence-electron chi connectivity index (χ0n) is 20.5. The normalized spacial score (nSPS) is 21.6. The number of piperazine rings is 1. The number of benzene rings is 1. The van der Waals surface area contributed by atoms with Crippen molar-refractivity contribution >= 4 is 29.2 Å².